The van der Waals surface area contributed by atoms with E-state index in [4.69, 9.17) is 22.3 Å². The van der Waals surface area contributed by atoms with Gasteiger partial charge >= 0.3 is 0 Å². The quantitative estimate of drug-likeness (QED) is 0.444. The van der Waals surface area contributed by atoms with Crippen molar-refractivity contribution in [1.82, 2.24) is 0 Å². The summed E-state index contributed by atoms with van der Waals surface area (Å²) in [5.74, 6) is 0.746. The largest absolute Gasteiger partial charge is 0.379 e. The summed E-state index contributed by atoms with van der Waals surface area (Å²) in [6.45, 7) is 0. The summed E-state index contributed by atoms with van der Waals surface area (Å²) >= 11 is 3.97. The van der Waals surface area contributed by atoms with Gasteiger partial charge in [0.05, 0.1) is 0 Å². The second-order valence-corrected chi connectivity index (χ2v) is 7.89. The van der Waals surface area contributed by atoms with Gasteiger partial charge in [-0.2, -0.15) is 0 Å². The molecule has 2 rings (SSSR count). The van der Waals surface area contributed by atoms with Gasteiger partial charge in [0.25, 0.3) is 0 Å². The van der Waals surface area contributed by atoms with Crippen molar-refractivity contribution in [3.8, 4) is 0 Å². The van der Waals surface area contributed by atoms with Crippen LogP contribution in [0.25, 0.3) is 0 Å². The van der Waals surface area contributed by atoms with Crippen LogP contribution >= 0.6 is 35.3 Å². The lowest BCUT2D eigenvalue weighted by molar-refractivity contribution is 0.625. The second-order valence-electron chi connectivity index (χ2n) is 4.77. The Kier molecular flexibility index (Phi) is 7.01. The molecule has 0 unspecified atom stereocenters. The molecular formula is C16H17FN4S3. The highest BCUT2D eigenvalue weighted by Gasteiger charge is 2.10. The summed E-state index contributed by atoms with van der Waals surface area (Å²) in [6.07, 6.45) is 0. The topological polar surface area (TPSA) is 99.7 Å². The van der Waals surface area contributed by atoms with E-state index in [2.05, 4.69) is 0 Å². The van der Waals surface area contributed by atoms with Gasteiger partial charge in [0, 0.05) is 21.3 Å². The summed E-state index contributed by atoms with van der Waals surface area (Å²) in [5.41, 5.74) is 12.7. The first-order valence-corrected chi connectivity index (χ1v) is 9.72. The van der Waals surface area contributed by atoms with E-state index in [-0.39, 0.29) is 16.2 Å². The fourth-order valence-electron chi connectivity index (χ4n) is 1.91. The molecule has 0 bridgehead atoms. The van der Waals surface area contributed by atoms with Crippen LogP contribution in [0.15, 0.2) is 52.3 Å². The van der Waals surface area contributed by atoms with E-state index in [1.54, 1.807) is 6.07 Å². The Bertz CT molecular complexity index is 752. The van der Waals surface area contributed by atoms with Gasteiger partial charge in [0.15, 0.2) is 10.3 Å². The average Bonchev–Trinajstić information content (AvgIpc) is 2.54. The zero-order valence-electron chi connectivity index (χ0n) is 12.7. The minimum Gasteiger partial charge on any atom is -0.379 e. The van der Waals surface area contributed by atoms with E-state index in [9.17, 15) is 4.39 Å². The van der Waals surface area contributed by atoms with Crippen LogP contribution < -0.4 is 11.5 Å². The van der Waals surface area contributed by atoms with Crippen molar-refractivity contribution in [3.63, 3.8) is 0 Å². The van der Waals surface area contributed by atoms with Crippen molar-refractivity contribution in [2.45, 2.75) is 21.3 Å². The van der Waals surface area contributed by atoms with E-state index < -0.39 is 0 Å². The smallest absolute Gasteiger partial charge is 0.151 e. The predicted molar refractivity (Wildman–Crippen MR) is 103 cm³/mol. The van der Waals surface area contributed by atoms with Crippen LogP contribution in [0, 0.1) is 16.6 Å². The number of hydrogen-bond acceptors (Lipinski definition) is 5. The monoisotopic (exact) mass is 380 g/mol. The summed E-state index contributed by atoms with van der Waals surface area (Å²) < 4.78 is 13.6. The molecule has 0 amide bonds. The van der Waals surface area contributed by atoms with Gasteiger partial charge in [-0.25, -0.2) is 4.39 Å². The average molecular weight is 381 g/mol. The van der Waals surface area contributed by atoms with Gasteiger partial charge in [-0.3, -0.25) is 10.8 Å². The van der Waals surface area contributed by atoms with E-state index in [1.165, 1.54) is 47.4 Å². The van der Waals surface area contributed by atoms with Gasteiger partial charge in [-0.1, -0.05) is 53.5 Å². The Balaban J connectivity index is 2.24. The highest BCUT2D eigenvalue weighted by atomic mass is 32.2. The fraction of sp³-hybridized carbons (Fsp3) is 0.125. The number of halogens is 1. The summed E-state index contributed by atoms with van der Waals surface area (Å²) in [6, 6.07) is 12.5. The van der Waals surface area contributed by atoms with Crippen molar-refractivity contribution >= 4 is 45.6 Å². The molecule has 0 saturated carbocycles. The first kappa shape index (κ1) is 18.7. The maximum absolute atomic E-state index is 13.6. The number of rotatable bonds is 6. The molecule has 0 aliphatic rings. The van der Waals surface area contributed by atoms with Crippen molar-refractivity contribution in [2.75, 3.05) is 0 Å². The molecule has 0 heterocycles. The summed E-state index contributed by atoms with van der Waals surface area (Å²) in [7, 11) is 0. The Morgan fingerprint density at radius 2 is 1.46 bits per heavy atom. The molecule has 24 heavy (non-hydrogen) atoms. The van der Waals surface area contributed by atoms with Crippen LogP contribution in [-0.2, 0) is 11.5 Å². The molecule has 4 nitrogen and oxygen atoms in total. The molecule has 0 atom stereocenters. The Morgan fingerprint density at radius 3 is 2.12 bits per heavy atom. The highest BCUT2D eigenvalue weighted by molar-refractivity contribution is 8.13. The normalized spacial score (nSPS) is 10.5. The lowest BCUT2D eigenvalue weighted by Crippen LogP contribution is -2.04. The van der Waals surface area contributed by atoms with E-state index in [1.807, 2.05) is 24.3 Å². The lowest BCUT2D eigenvalue weighted by Gasteiger charge is -2.12. The van der Waals surface area contributed by atoms with Crippen LogP contribution in [0.4, 0.5) is 4.39 Å². The second kappa shape index (κ2) is 9.00. The van der Waals surface area contributed by atoms with E-state index in [0.717, 1.165) is 20.9 Å². The third-order valence-electron chi connectivity index (χ3n) is 2.98. The minimum atomic E-state index is -0.307. The molecule has 2 aromatic carbocycles. The fourth-order valence-corrected chi connectivity index (χ4v) is 4.26. The zero-order valence-corrected chi connectivity index (χ0v) is 15.2. The van der Waals surface area contributed by atoms with Gasteiger partial charge in [-0.15, -0.1) is 0 Å². The SMILES string of the molecule is N=C(N)SCc1ccccc1Sc1ccc(F)cc1CSC(=N)N. The number of nitrogens with one attached hydrogen (secondary N) is 2. The van der Waals surface area contributed by atoms with Gasteiger partial charge < -0.3 is 11.5 Å². The standard InChI is InChI=1S/C16H17FN4S3/c17-12-5-6-14(11(7-12)9-23-16(20)21)24-13-4-2-1-3-10(13)8-22-15(18)19/h1-7H,8-9H2,(H3,18,19)(H3,20,21). The molecule has 8 heteroatoms. The third-order valence-corrected chi connectivity index (χ3v) is 5.75. The molecule has 2 aromatic rings. The maximum Gasteiger partial charge on any atom is 0.151 e. The van der Waals surface area contributed by atoms with Crippen LogP contribution in [0.5, 0.6) is 0 Å². The summed E-state index contributed by atoms with van der Waals surface area (Å²) in [4.78, 5) is 1.96. The van der Waals surface area contributed by atoms with Gasteiger partial charge in [0.1, 0.15) is 5.82 Å². The molecule has 0 radical (unpaired) electrons. The number of nitrogens with two attached hydrogens (primary N) is 2. The van der Waals surface area contributed by atoms with Crippen LogP contribution in [-0.4, -0.2) is 10.3 Å². The molecule has 126 valence electrons. The summed E-state index contributed by atoms with van der Waals surface area (Å²) in [5, 5.41) is 14.8. The first-order valence-electron chi connectivity index (χ1n) is 6.93. The van der Waals surface area contributed by atoms with Crippen LogP contribution in [0.3, 0.4) is 0 Å². The Labute approximate surface area is 153 Å². The number of thioether (sulfide) groups is 2. The molecule has 0 saturated heterocycles. The molecule has 0 aliphatic carbocycles. The minimum absolute atomic E-state index is 0.00784. The zero-order chi connectivity index (χ0) is 17.5. The number of amidine groups is 2. The Hall–Kier alpha value is -1.64. The van der Waals surface area contributed by atoms with Crippen molar-refractivity contribution in [2.24, 2.45) is 11.5 Å². The molecule has 0 spiro atoms. The van der Waals surface area contributed by atoms with Crippen molar-refractivity contribution in [1.29, 1.82) is 10.8 Å². The molecule has 6 N–H and O–H groups in total. The third kappa shape index (κ3) is 5.77. The van der Waals surface area contributed by atoms with Crippen molar-refractivity contribution in [3.05, 3.63) is 59.4 Å². The van der Waals surface area contributed by atoms with E-state index in [0.29, 0.717) is 11.5 Å². The highest BCUT2D eigenvalue weighted by Crippen LogP contribution is 2.35. The van der Waals surface area contributed by atoms with E-state index >= 15 is 0 Å². The van der Waals surface area contributed by atoms with Gasteiger partial charge in [-0.05, 0) is 35.4 Å². The van der Waals surface area contributed by atoms with Gasteiger partial charge in [0.2, 0.25) is 0 Å². The molecular weight excluding hydrogens is 363 g/mol. The van der Waals surface area contributed by atoms with Crippen LogP contribution in [0.2, 0.25) is 0 Å². The predicted octanol–water partition coefficient (Wildman–Crippen LogP) is 4.23. The maximum atomic E-state index is 13.6. The molecule has 0 fully saturated rings. The lowest BCUT2D eigenvalue weighted by atomic mass is 10.2. The van der Waals surface area contributed by atoms with Crippen LogP contribution in [0.1, 0.15) is 11.1 Å². The van der Waals surface area contributed by atoms with Crippen molar-refractivity contribution < 1.29 is 4.39 Å². The first-order chi connectivity index (χ1) is 11.5. The Morgan fingerprint density at radius 1 is 0.875 bits per heavy atom. The molecule has 0 aliphatic heterocycles. The molecule has 0 aromatic heterocycles. The number of benzene rings is 2. The number of hydrogen-bond donors (Lipinski definition) is 4.